The van der Waals surface area contributed by atoms with E-state index in [0.717, 1.165) is 12.3 Å². The minimum atomic E-state index is -4.41. The first-order valence-corrected chi connectivity index (χ1v) is 4.64. The number of nitrogens with zero attached hydrogens (tertiary/aromatic N) is 3. The van der Waals surface area contributed by atoms with Crippen molar-refractivity contribution in [2.75, 3.05) is 18.0 Å². The molecule has 1 rings (SSSR count). The molecule has 0 aliphatic carbocycles. The third-order valence-corrected chi connectivity index (χ3v) is 1.98. The molecule has 1 heterocycles. The molecule has 84 valence electrons. The Hall–Kier alpha value is -1.33. The normalized spacial score (nSPS) is 11.5. The molecule has 0 aliphatic heterocycles. The van der Waals surface area contributed by atoms with Crippen LogP contribution in [0.4, 0.5) is 19.1 Å². The molecule has 0 saturated carbocycles. The highest BCUT2D eigenvalue weighted by Crippen LogP contribution is 2.27. The molecular weight excluding hydrogens is 207 g/mol. The van der Waals surface area contributed by atoms with Crippen molar-refractivity contribution < 1.29 is 13.2 Å². The van der Waals surface area contributed by atoms with Crippen molar-refractivity contribution in [3.63, 3.8) is 0 Å². The summed E-state index contributed by atoms with van der Waals surface area (Å²) in [7, 11) is 0. The van der Waals surface area contributed by atoms with Gasteiger partial charge in [0.2, 0.25) is 5.95 Å². The fourth-order valence-corrected chi connectivity index (χ4v) is 1.17. The molecule has 0 aliphatic rings. The van der Waals surface area contributed by atoms with Crippen molar-refractivity contribution in [2.45, 2.75) is 20.0 Å². The second-order valence-electron chi connectivity index (χ2n) is 2.91. The zero-order chi connectivity index (χ0) is 11.5. The third-order valence-electron chi connectivity index (χ3n) is 1.98. The molecule has 15 heavy (non-hydrogen) atoms. The minimum absolute atomic E-state index is 0.120. The van der Waals surface area contributed by atoms with Crippen LogP contribution in [0.15, 0.2) is 12.3 Å². The van der Waals surface area contributed by atoms with Gasteiger partial charge in [0.15, 0.2) is 0 Å². The maximum Gasteiger partial charge on any atom is 0.433 e. The number of anilines is 1. The van der Waals surface area contributed by atoms with Crippen molar-refractivity contribution in [2.24, 2.45) is 0 Å². The molecule has 0 N–H and O–H groups in total. The van der Waals surface area contributed by atoms with Gasteiger partial charge in [-0.25, -0.2) is 9.97 Å². The van der Waals surface area contributed by atoms with E-state index in [9.17, 15) is 13.2 Å². The van der Waals surface area contributed by atoms with Gasteiger partial charge in [0.25, 0.3) is 0 Å². The Morgan fingerprint density at radius 3 is 2.33 bits per heavy atom. The quantitative estimate of drug-likeness (QED) is 0.781. The van der Waals surface area contributed by atoms with Crippen LogP contribution in [0.2, 0.25) is 0 Å². The van der Waals surface area contributed by atoms with Gasteiger partial charge in [0.05, 0.1) is 0 Å². The van der Waals surface area contributed by atoms with Crippen molar-refractivity contribution in [1.29, 1.82) is 0 Å². The van der Waals surface area contributed by atoms with Gasteiger partial charge in [-0.15, -0.1) is 0 Å². The number of aromatic nitrogens is 2. The van der Waals surface area contributed by atoms with E-state index in [1.165, 1.54) is 0 Å². The summed E-state index contributed by atoms with van der Waals surface area (Å²) in [6, 6.07) is 0.868. The Kier molecular flexibility index (Phi) is 3.49. The lowest BCUT2D eigenvalue weighted by Gasteiger charge is -2.18. The van der Waals surface area contributed by atoms with Crippen molar-refractivity contribution in [3.8, 4) is 0 Å². The lowest BCUT2D eigenvalue weighted by molar-refractivity contribution is -0.141. The zero-order valence-corrected chi connectivity index (χ0v) is 8.54. The van der Waals surface area contributed by atoms with Crippen molar-refractivity contribution >= 4 is 5.95 Å². The second-order valence-corrected chi connectivity index (χ2v) is 2.91. The molecule has 0 atom stereocenters. The number of rotatable bonds is 3. The molecule has 3 nitrogen and oxygen atoms in total. The first-order chi connectivity index (χ1) is 6.99. The van der Waals surface area contributed by atoms with Crippen LogP contribution < -0.4 is 4.90 Å². The van der Waals surface area contributed by atoms with Crippen LogP contribution in [0, 0.1) is 0 Å². The summed E-state index contributed by atoms with van der Waals surface area (Å²) in [6.45, 7) is 4.84. The molecule has 0 radical (unpaired) electrons. The molecule has 0 amide bonds. The van der Waals surface area contributed by atoms with E-state index >= 15 is 0 Å². The Labute approximate surface area is 86.0 Å². The van der Waals surface area contributed by atoms with Crippen LogP contribution in [0.25, 0.3) is 0 Å². The minimum Gasteiger partial charge on any atom is -0.341 e. The highest BCUT2D eigenvalue weighted by molar-refractivity contribution is 5.30. The number of alkyl halides is 3. The van der Waals surface area contributed by atoms with Crippen LogP contribution in [0.5, 0.6) is 0 Å². The molecule has 0 unspecified atom stereocenters. The maximum atomic E-state index is 12.3. The van der Waals surface area contributed by atoms with Gasteiger partial charge < -0.3 is 4.90 Å². The van der Waals surface area contributed by atoms with Crippen LogP contribution in [-0.4, -0.2) is 23.1 Å². The Balaban J connectivity index is 3.02. The van der Waals surface area contributed by atoms with Crippen LogP contribution in [-0.2, 0) is 6.18 Å². The average molecular weight is 219 g/mol. The van der Waals surface area contributed by atoms with E-state index < -0.39 is 11.9 Å². The molecule has 0 saturated heterocycles. The average Bonchev–Trinajstić information content (AvgIpc) is 2.19. The lowest BCUT2D eigenvalue weighted by atomic mass is 10.4. The van der Waals surface area contributed by atoms with E-state index in [2.05, 4.69) is 9.97 Å². The summed E-state index contributed by atoms with van der Waals surface area (Å²) in [5.74, 6) is 0.120. The number of halogens is 3. The highest BCUT2D eigenvalue weighted by Gasteiger charge is 2.33. The smallest absolute Gasteiger partial charge is 0.341 e. The van der Waals surface area contributed by atoms with Gasteiger partial charge in [0, 0.05) is 19.3 Å². The highest BCUT2D eigenvalue weighted by atomic mass is 19.4. The molecule has 1 aromatic heterocycles. The summed E-state index contributed by atoms with van der Waals surface area (Å²) in [5.41, 5.74) is -0.903. The summed E-state index contributed by atoms with van der Waals surface area (Å²) in [4.78, 5) is 8.95. The topological polar surface area (TPSA) is 29.0 Å². The van der Waals surface area contributed by atoms with Gasteiger partial charge in [-0.05, 0) is 19.9 Å². The first-order valence-electron chi connectivity index (χ1n) is 4.64. The molecule has 0 fully saturated rings. The SMILES string of the molecule is CCN(CC)c1nccc(C(F)(F)F)n1. The predicted octanol–water partition coefficient (Wildman–Crippen LogP) is 2.34. The predicted molar refractivity (Wildman–Crippen MR) is 50.6 cm³/mol. The van der Waals surface area contributed by atoms with E-state index in [1.54, 1.807) is 4.90 Å². The Morgan fingerprint density at radius 2 is 1.87 bits per heavy atom. The van der Waals surface area contributed by atoms with Crippen LogP contribution in [0.1, 0.15) is 19.5 Å². The van der Waals surface area contributed by atoms with E-state index in [-0.39, 0.29) is 5.95 Å². The standard InChI is InChI=1S/C9H12F3N3/c1-3-15(4-2)8-13-6-5-7(14-8)9(10,11)12/h5-6H,3-4H2,1-2H3. The zero-order valence-electron chi connectivity index (χ0n) is 8.54. The molecule has 0 bridgehead atoms. The van der Waals surface area contributed by atoms with Gasteiger partial charge >= 0.3 is 6.18 Å². The van der Waals surface area contributed by atoms with E-state index in [4.69, 9.17) is 0 Å². The molecule has 0 spiro atoms. The summed E-state index contributed by atoms with van der Waals surface area (Å²) >= 11 is 0. The summed E-state index contributed by atoms with van der Waals surface area (Å²) in [5, 5.41) is 0. The maximum absolute atomic E-state index is 12.3. The molecule has 6 heteroatoms. The van der Waals surface area contributed by atoms with Gasteiger partial charge in [-0.3, -0.25) is 0 Å². The summed E-state index contributed by atoms with van der Waals surface area (Å²) < 4.78 is 37.0. The second kappa shape index (κ2) is 4.46. The third kappa shape index (κ3) is 2.81. The number of hydrogen-bond donors (Lipinski definition) is 0. The first kappa shape index (κ1) is 11.7. The van der Waals surface area contributed by atoms with Gasteiger partial charge in [0.1, 0.15) is 5.69 Å². The monoisotopic (exact) mass is 219 g/mol. The number of hydrogen-bond acceptors (Lipinski definition) is 3. The van der Waals surface area contributed by atoms with E-state index in [0.29, 0.717) is 13.1 Å². The van der Waals surface area contributed by atoms with E-state index in [1.807, 2.05) is 13.8 Å². The van der Waals surface area contributed by atoms with Gasteiger partial charge in [-0.2, -0.15) is 13.2 Å². The fourth-order valence-electron chi connectivity index (χ4n) is 1.17. The molecule has 1 aromatic rings. The molecular formula is C9H12F3N3. The van der Waals surface area contributed by atoms with Crippen LogP contribution >= 0.6 is 0 Å². The largest absolute Gasteiger partial charge is 0.433 e. The lowest BCUT2D eigenvalue weighted by Crippen LogP contribution is -2.25. The molecule has 0 aromatic carbocycles. The Bertz CT molecular complexity index is 321. The Morgan fingerprint density at radius 1 is 1.27 bits per heavy atom. The fraction of sp³-hybridized carbons (Fsp3) is 0.556. The van der Waals surface area contributed by atoms with Crippen molar-refractivity contribution in [1.82, 2.24) is 9.97 Å². The van der Waals surface area contributed by atoms with Crippen molar-refractivity contribution in [3.05, 3.63) is 18.0 Å². The summed E-state index contributed by atoms with van der Waals surface area (Å²) in [6.07, 6.45) is -3.28. The van der Waals surface area contributed by atoms with Crippen LogP contribution in [0.3, 0.4) is 0 Å². The van der Waals surface area contributed by atoms with Gasteiger partial charge in [-0.1, -0.05) is 0 Å².